The van der Waals surface area contributed by atoms with E-state index in [1.54, 1.807) is 6.92 Å². The van der Waals surface area contributed by atoms with Crippen LogP contribution in [0.5, 0.6) is 0 Å². The molecule has 1 aliphatic rings. The summed E-state index contributed by atoms with van der Waals surface area (Å²) in [5.74, 6) is -1.42. The number of carbonyl (C=O) groups is 3. The Morgan fingerprint density at radius 3 is 2.29 bits per heavy atom. The lowest BCUT2D eigenvalue weighted by Gasteiger charge is -2.30. The smallest absolute Gasteiger partial charge is 0.311 e. The molecule has 1 saturated heterocycles. The molecule has 0 radical (unpaired) electrons. The largest absolute Gasteiger partial charge is 0.466 e. The van der Waals surface area contributed by atoms with Gasteiger partial charge in [-0.05, 0) is 45.8 Å². The van der Waals surface area contributed by atoms with Gasteiger partial charge in [-0.25, -0.2) is 0 Å². The maximum Gasteiger partial charge on any atom is 0.311 e. The van der Waals surface area contributed by atoms with Crippen LogP contribution in [0.1, 0.15) is 40.0 Å². The first-order valence-corrected chi connectivity index (χ1v) is 8.99. The number of nitrogens with zero attached hydrogens (tertiary/aromatic N) is 2. The summed E-state index contributed by atoms with van der Waals surface area (Å²) in [5, 5.41) is 2.69. The Bertz CT molecular complexity index is 416. The van der Waals surface area contributed by atoms with Gasteiger partial charge in [0, 0.05) is 19.6 Å². The molecule has 138 valence electrons. The van der Waals surface area contributed by atoms with E-state index in [2.05, 4.69) is 24.1 Å². The Morgan fingerprint density at radius 1 is 1.12 bits per heavy atom. The zero-order chi connectivity index (χ0) is 17.9. The highest BCUT2D eigenvalue weighted by molar-refractivity contribution is 6.35. The Labute approximate surface area is 144 Å². The van der Waals surface area contributed by atoms with Crippen LogP contribution in [0, 0.1) is 5.92 Å². The van der Waals surface area contributed by atoms with Gasteiger partial charge in [-0.3, -0.25) is 14.4 Å². The Kier molecular flexibility index (Phi) is 9.37. The van der Waals surface area contributed by atoms with Gasteiger partial charge in [-0.2, -0.15) is 0 Å². The molecule has 0 saturated carbocycles. The summed E-state index contributed by atoms with van der Waals surface area (Å²) in [7, 11) is 0. The number of hydrogen-bond acceptors (Lipinski definition) is 5. The van der Waals surface area contributed by atoms with Crippen molar-refractivity contribution in [3.63, 3.8) is 0 Å². The lowest BCUT2D eigenvalue weighted by Crippen LogP contribution is -2.47. The average molecular weight is 341 g/mol. The summed E-state index contributed by atoms with van der Waals surface area (Å²) in [5.41, 5.74) is 0. The Hall–Kier alpha value is -1.63. The molecular formula is C17H31N3O4. The van der Waals surface area contributed by atoms with Gasteiger partial charge in [0.15, 0.2) is 0 Å². The molecule has 24 heavy (non-hydrogen) atoms. The minimum absolute atomic E-state index is 0.161. The van der Waals surface area contributed by atoms with E-state index < -0.39 is 11.8 Å². The van der Waals surface area contributed by atoms with Gasteiger partial charge in [0.25, 0.3) is 0 Å². The molecule has 0 aromatic heterocycles. The van der Waals surface area contributed by atoms with E-state index in [1.807, 2.05) is 0 Å². The molecule has 0 bridgehead atoms. The first-order chi connectivity index (χ1) is 11.5. The second-order valence-corrected chi connectivity index (χ2v) is 5.95. The highest BCUT2D eigenvalue weighted by Gasteiger charge is 2.30. The van der Waals surface area contributed by atoms with E-state index in [1.165, 1.54) is 4.90 Å². The average Bonchev–Trinajstić information content (AvgIpc) is 2.61. The Balaban J connectivity index is 2.27. The lowest BCUT2D eigenvalue weighted by atomic mass is 9.97. The van der Waals surface area contributed by atoms with Crippen LogP contribution in [0.4, 0.5) is 0 Å². The van der Waals surface area contributed by atoms with Crippen molar-refractivity contribution in [3.8, 4) is 0 Å². The summed E-state index contributed by atoms with van der Waals surface area (Å²) in [4.78, 5) is 39.5. The van der Waals surface area contributed by atoms with Crippen molar-refractivity contribution in [2.24, 2.45) is 5.92 Å². The zero-order valence-electron chi connectivity index (χ0n) is 15.2. The van der Waals surface area contributed by atoms with Gasteiger partial charge in [0.05, 0.1) is 12.5 Å². The number of amides is 2. The minimum atomic E-state index is -0.552. The summed E-state index contributed by atoms with van der Waals surface area (Å²) in [6.07, 6.45) is 1.94. The van der Waals surface area contributed by atoms with E-state index in [0.717, 1.165) is 26.1 Å². The molecule has 0 unspecified atom stereocenters. The monoisotopic (exact) mass is 341 g/mol. The molecule has 1 heterocycles. The van der Waals surface area contributed by atoms with Crippen molar-refractivity contribution < 1.29 is 19.1 Å². The van der Waals surface area contributed by atoms with Crippen LogP contribution in [0.25, 0.3) is 0 Å². The molecular weight excluding hydrogens is 310 g/mol. The fourth-order valence-corrected chi connectivity index (χ4v) is 2.84. The number of piperidine rings is 1. The number of rotatable bonds is 8. The molecule has 0 aromatic carbocycles. The number of esters is 1. The van der Waals surface area contributed by atoms with Crippen LogP contribution in [-0.2, 0) is 19.1 Å². The number of carbonyl (C=O) groups excluding carboxylic acids is 3. The van der Waals surface area contributed by atoms with E-state index in [9.17, 15) is 14.4 Å². The molecule has 0 atom stereocenters. The predicted octanol–water partition coefficient (Wildman–Crippen LogP) is 0.636. The maximum atomic E-state index is 12.1. The summed E-state index contributed by atoms with van der Waals surface area (Å²) in [6.45, 7) is 10.6. The zero-order valence-corrected chi connectivity index (χ0v) is 15.2. The van der Waals surface area contributed by atoms with Crippen molar-refractivity contribution in [1.82, 2.24) is 15.1 Å². The van der Waals surface area contributed by atoms with Crippen LogP contribution in [0.15, 0.2) is 0 Å². The standard InChI is InChI=1S/C17H31N3O4/c1-4-19(5-2)11-7-10-18-15(21)16(22)20-12-8-14(9-13-20)17(23)24-6-3/h14H,4-13H2,1-3H3,(H,18,21). The van der Waals surface area contributed by atoms with Crippen LogP contribution < -0.4 is 5.32 Å². The van der Waals surface area contributed by atoms with E-state index in [4.69, 9.17) is 4.74 Å². The fraction of sp³-hybridized carbons (Fsp3) is 0.824. The van der Waals surface area contributed by atoms with Crippen LogP contribution in [0.2, 0.25) is 0 Å². The predicted molar refractivity (Wildman–Crippen MR) is 91.4 cm³/mol. The summed E-state index contributed by atoms with van der Waals surface area (Å²) < 4.78 is 5.00. The van der Waals surface area contributed by atoms with Crippen LogP contribution in [-0.4, -0.2) is 73.5 Å². The second kappa shape index (κ2) is 11.0. The molecule has 7 nitrogen and oxygen atoms in total. The van der Waals surface area contributed by atoms with Gasteiger partial charge >= 0.3 is 17.8 Å². The quantitative estimate of drug-likeness (QED) is 0.398. The molecule has 0 aliphatic carbocycles. The molecule has 1 aliphatic heterocycles. The van der Waals surface area contributed by atoms with Crippen LogP contribution >= 0.6 is 0 Å². The van der Waals surface area contributed by atoms with E-state index >= 15 is 0 Å². The molecule has 2 amide bonds. The number of nitrogens with one attached hydrogen (secondary N) is 1. The summed E-state index contributed by atoms with van der Waals surface area (Å²) >= 11 is 0. The van der Waals surface area contributed by atoms with Crippen molar-refractivity contribution >= 4 is 17.8 Å². The highest BCUT2D eigenvalue weighted by atomic mass is 16.5. The minimum Gasteiger partial charge on any atom is -0.466 e. The molecule has 1 N–H and O–H groups in total. The molecule has 0 aromatic rings. The first kappa shape index (κ1) is 20.4. The van der Waals surface area contributed by atoms with E-state index in [-0.39, 0.29) is 11.9 Å². The second-order valence-electron chi connectivity index (χ2n) is 5.95. The third kappa shape index (κ3) is 6.47. The molecule has 7 heteroatoms. The van der Waals surface area contributed by atoms with Crippen molar-refractivity contribution in [1.29, 1.82) is 0 Å². The molecule has 0 spiro atoms. The SMILES string of the molecule is CCOC(=O)C1CCN(C(=O)C(=O)NCCCN(CC)CC)CC1. The third-order valence-electron chi connectivity index (χ3n) is 4.43. The first-order valence-electron chi connectivity index (χ1n) is 8.99. The number of hydrogen-bond donors (Lipinski definition) is 1. The van der Waals surface area contributed by atoms with Gasteiger partial charge in [0.2, 0.25) is 0 Å². The van der Waals surface area contributed by atoms with Crippen LogP contribution in [0.3, 0.4) is 0 Å². The fourth-order valence-electron chi connectivity index (χ4n) is 2.84. The van der Waals surface area contributed by atoms with Crippen molar-refractivity contribution in [2.75, 3.05) is 45.9 Å². The number of ether oxygens (including phenoxy) is 1. The lowest BCUT2D eigenvalue weighted by molar-refractivity contribution is -0.152. The van der Waals surface area contributed by atoms with Gasteiger partial charge in [0.1, 0.15) is 0 Å². The number of likely N-dealkylation sites (tertiary alicyclic amines) is 1. The maximum absolute atomic E-state index is 12.1. The van der Waals surface area contributed by atoms with Gasteiger partial charge < -0.3 is 19.9 Å². The van der Waals surface area contributed by atoms with Gasteiger partial charge in [-0.1, -0.05) is 13.8 Å². The normalized spacial score (nSPS) is 15.4. The topological polar surface area (TPSA) is 78.9 Å². The molecule has 1 fully saturated rings. The highest BCUT2D eigenvalue weighted by Crippen LogP contribution is 2.18. The molecule has 1 rings (SSSR count). The van der Waals surface area contributed by atoms with E-state index in [0.29, 0.717) is 39.1 Å². The van der Waals surface area contributed by atoms with Gasteiger partial charge in [-0.15, -0.1) is 0 Å². The van der Waals surface area contributed by atoms with Crippen molar-refractivity contribution in [3.05, 3.63) is 0 Å². The summed E-state index contributed by atoms with van der Waals surface area (Å²) in [6, 6.07) is 0. The third-order valence-corrected chi connectivity index (χ3v) is 4.43. The van der Waals surface area contributed by atoms with Crippen molar-refractivity contribution in [2.45, 2.75) is 40.0 Å². The Morgan fingerprint density at radius 2 is 1.75 bits per heavy atom.